The molecule has 1 spiro atoms. The van der Waals surface area contributed by atoms with Crippen molar-refractivity contribution >= 4 is 0 Å². The normalized spacial score (nSPS) is 38.3. The van der Waals surface area contributed by atoms with E-state index < -0.39 is 0 Å². The molecule has 1 heterocycles. The first-order valence-electron chi connectivity index (χ1n) is 5.65. The van der Waals surface area contributed by atoms with Gasteiger partial charge in [0.15, 0.2) is 0 Å². The van der Waals surface area contributed by atoms with Gasteiger partial charge < -0.3 is 10.1 Å². The first kappa shape index (κ1) is 9.47. The molecular formula is C11H21NO. The van der Waals surface area contributed by atoms with E-state index in [2.05, 4.69) is 19.2 Å². The molecule has 76 valence electrons. The van der Waals surface area contributed by atoms with Gasteiger partial charge in [-0.2, -0.15) is 0 Å². The SMILES string of the molecule is CCC1OCC2(CCCC2)NC1C. The predicted molar refractivity (Wildman–Crippen MR) is 53.8 cm³/mol. The molecule has 2 atom stereocenters. The van der Waals surface area contributed by atoms with E-state index >= 15 is 0 Å². The van der Waals surface area contributed by atoms with E-state index in [0.717, 1.165) is 13.0 Å². The number of hydrogen-bond acceptors (Lipinski definition) is 2. The second kappa shape index (κ2) is 3.58. The van der Waals surface area contributed by atoms with Crippen LogP contribution in [-0.4, -0.2) is 24.3 Å². The molecule has 2 heteroatoms. The lowest BCUT2D eigenvalue weighted by Crippen LogP contribution is -2.60. The van der Waals surface area contributed by atoms with Crippen molar-refractivity contribution in [3.8, 4) is 0 Å². The summed E-state index contributed by atoms with van der Waals surface area (Å²) in [6.45, 7) is 5.40. The van der Waals surface area contributed by atoms with Crippen molar-refractivity contribution in [1.82, 2.24) is 5.32 Å². The summed E-state index contributed by atoms with van der Waals surface area (Å²) in [6, 6.07) is 0.539. The maximum absolute atomic E-state index is 5.91. The monoisotopic (exact) mass is 183 g/mol. The summed E-state index contributed by atoms with van der Waals surface area (Å²) in [5.74, 6) is 0. The van der Waals surface area contributed by atoms with Crippen LogP contribution in [0.15, 0.2) is 0 Å². The van der Waals surface area contributed by atoms with Crippen molar-refractivity contribution in [3.05, 3.63) is 0 Å². The molecule has 0 aromatic rings. The smallest absolute Gasteiger partial charge is 0.0723 e. The molecule has 0 amide bonds. The first-order valence-corrected chi connectivity index (χ1v) is 5.65. The molecule has 2 aliphatic rings. The highest BCUT2D eigenvalue weighted by Crippen LogP contribution is 2.33. The van der Waals surface area contributed by atoms with Crippen LogP contribution in [0.4, 0.5) is 0 Å². The maximum Gasteiger partial charge on any atom is 0.0723 e. The Morgan fingerprint density at radius 1 is 1.38 bits per heavy atom. The van der Waals surface area contributed by atoms with Crippen LogP contribution in [0.1, 0.15) is 46.0 Å². The first-order chi connectivity index (χ1) is 6.26. The summed E-state index contributed by atoms with van der Waals surface area (Å²) in [5.41, 5.74) is 0.352. The molecule has 0 bridgehead atoms. The van der Waals surface area contributed by atoms with Crippen molar-refractivity contribution in [2.24, 2.45) is 0 Å². The molecule has 1 N–H and O–H groups in total. The van der Waals surface area contributed by atoms with E-state index in [1.807, 2.05) is 0 Å². The van der Waals surface area contributed by atoms with Gasteiger partial charge in [-0.15, -0.1) is 0 Å². The van der Waals surface area contributed by atoms with Crippen LogP contribution >= 0.6 is 0 Å². The van der Waals surface area contributed by atoms with Gasteiger partial charge in [-0.1, -0.05) is 19.8 Å². The van der Waals surface area contributed by atoms with Crippen LogP contribution in [0, 0.1) is 0 Å². The molecule has 13 heavy (non-hydrogen) atoms. The highest BCUT2D eigenvalue weighted by Gasteiger charge is 2.40. The summed E-state index contributed by atoms with van der Waals surface area (Å²) in [7, 11) is 0. The Kier molecular flexibility index (Phi) is 2.61. The lowest BCUT2D eigenvalue weighted by Gasteiger charge is -2.42. The van der Waals surface area contributed by atoms with E-state index in [4.69, 9.17) is 4.74 Å². The molecule has 0 aromatic carbocycles. The second-order valence-electron chi connectivity index (χ2n) is 4.68. The fraction of sp³-hybridized carbons (Fsp3) is 1.00. The maximum atomic E-state index is 5.91. The quantitative estimate of drug-likeness (QED) is 0.672. The molecule has 1 saturated heterocycles. The summed E-state index contributed by atoms with van der Waals surface area (Å²) in [5, 5.41) is 3.77. The highest BCUT2D eigenvalue weighted by molar-refractivity contribution is 4.98. The average Bonchev–Trinajstić information content (AvgIpc) is 2.54. The Morgan fingerprint density at radius 3 is 2.62 bits per heavy atom. The summed E-state index contributed by atoms with van der Waals surface area (Å²) in [6.07, 6.45) is 6.94. The van der Waals surface area contributed by atoms with Crippen molar-refractivity contribution in [2.75, 3.05) is 6.61 Å². The summed E-state index contributed by atoms with van der Waals surface area (Å²) < 4.78 is 5.91. The fourth-order valence-corrected chi connectivity index (χ4v) is 2.84. The average molecular weight is 183 g/mol. The number of ether oxygens (including phenoxy) is 1. The number of nitrogens with one attached hydrogen (secondary N) is 1. The minimum Gasteiger partial charge on any atom is -0.375 e. The standard InChI is InChI=1S/C11H21NO/c1-3-10-9(2)12-11(8-13-10)6-4-5-7-11/h9-10,12H,3-8H2,1-2H3. The van der Waals surface area contributed by atoms with Gasteiger partial charge in [-0.25, -0.2) is 0 Å². The predicted octanol–water partition coefficient (Wildman–Crippen LogP) is 2.09. The lowest BCUT2D eigenvalue weighted by molar-refractivity contribution is -0.0577. The molecule has 1 aliphatic heterocycles. The van der Waals surface area contributed by atoms with Gasteiger partial charge in [-0.3, -0.25) is 0 Å². The third-order valence-electron chi connectivity index (χ3n) is 3.63. The van der Waals surface area contributed by atoms with Crippen molar-refractivity contribution in [2.45, 2.75) is 63.6 Å². The minimum atomic E-state index is 0.352. The Balaban J connectivity index is 1.97. The topological polar surface area (TPSA) is 21.3 Å². The zero-order valence-electron chi connectivity index (χ0n) is 8.81. The molecule has 2 fully saturated rings. The van der Waals surface area contributed by atoms with Crippen LogP contribution in [0.5, 0.6) is 0 Å². The van der Waals surface area contributed by atoms with Gasteiger partial charge in [0.2, 0.25) is 0 Å². The van der Waals surface area contributed by atoms with Gasteiger partial charge in [0.1, 0.15) is 0 Å². The van der Waals surface area contributed by atoms with Gasteiger partial charge in [0.05, 0.1) is 12.7 Å². The molecule has 1 saturated carbocycles. The van der Waals surface area contributed by atoms with E-state index in [9.17, 15) is 0 Å². The zero-order chi connectivity index (χ0) is 9.31. The van der Waals surface area contributed by atoms with E-state index in [-0.39, 0.29) is 0 Å². The zero-order valence-corrected chi connectivity index (χ0v) is 8.81. The lowest BCUT2D eigenvalue weighted by atomic mass is 9.93. The van der Waals surface area contributed by atoms with Crippen molar-refractivity contribution < 1.29 is 4.74 Å². The van der Waals surface area contributed by atoms with E-state index in [1.165, 1.54) is 25.7 Å². The Hall–Kier alpha value is -0.0800. The van der Waals surface area contributed by atoms with Crippen LogP contribution in [0.2, 0.25) is 0 Å². The third kappa shape index (κ3) is 1.75. The summed E-state index contributed by atoms with van der Waals surface area (Å²) in [4.78, 5) is 0. The Labute approximate surface area is 81.0 Å². The van der Waals surface area contributed by atoms with E-state index in [0.29, 0.717) is 17.7 Å². The number of rotatable bonds is 1. The summed E-state index contributed by atoms with van der Waals surface area (Å²) >= 11 is 0. The molecule has 2 nitrogen and oxygen atoms in total. The Bertz CT molecular complexity index is 175. The third-order valence-corrected chi connectivity index (χ3v) is 3.63. The van der Waals surface area contributed by atoms with Gasteiger partial charge in [0, 0.05) is 11.6 Å². The molecule has 1 aliphatic carbocycles. The molecule has 2 rings (SSSR count). The highest BCUT2D eigenvalue weighted by atomic mass is 16.5. The number of hydrogen-bond donors (Lipinski definition) is 1. The molecule has 2 unspecified atom stereocenters. The van der Waals surface area contributed by atoms with Gasteiger partial charge in [-0.05, 0) is 26.2 Å². The van der Waals surface area contributed by atoms with Gasteiger partial charge in [0.25, 0.3) is 0 Å². The number of morpholine rings is 1. The second-order valence-corrected chi connectivity index (χ2v) is 4.68. The van der Waals surface area contributed by atoms with Crippen molar-refractivity contribution in [1.29, 1.82) is 0 Å². The van der Waals surface area contributed by atoms with Crippen molar-refractivity contribution in [3.63, 3.8) is 0 Å². The molecule has 0 aromatic heterocycles. The van der Waals surface area contributed by atoms with Gasteiger partial charge >= 0.3 is 0 Å². The van der Waals surface area contributed by atoms with Crippen LogP contribution in [0.3, 0.4) is 0 Å². The fourth-order valence-electron chi connectivity index (χ4n) is 2.84. The molecule has 0 radical (unpaired) electrons. The molecular weight excluding hydrogens is 162 g/mol. The van der Waals surface area contributed by atoms with Crippen LogP contribution < -0.4 is 5.32 Å². The van der Waals surface area contributed by atoms with Crippen LogP contribution in [-0.2, 0) is 4.74 Å². The minimum absolute atomic E-state index is 0.352. The van der Waals surface area contributed by atoms with E-state index in [1.54, 1.807) is 0 Å². The van der Waals surface area contributed by atoms with Crippen LogP contribution in [0.25, 0.3) is 0 Å². The largest absolute Gasteiger partial charge is 0.375 e. The Morgan fingerprint density at radius 2 is 2.08 bits per heavy atom.